The highest BCUT2D eigenvalue weighted by molar-refractivity contribution is 5.99. The van der Waals surface area contributed by atoms with Gasteiger partial charge in [0.25, 0.3) is 5.91 Å². The number of esters is 1. The van der Waals surface area contributed by atoms with Gasteiger partial charge in [0.2, 0.25) is 5.75 Å². The van der Waals surface area contributed by atoms with Crippen LogP contribution in [-0.2, 0) is 16.1 Å². The Hall–Kier alpha value is -3.22. The number of benzene rings is 2. The van der Waals surface area contributed by atoms with Crippen LogP contribution in [0.1, 0.15) is 54.4 Å². The van der Waals surface area contributed by atoms with Crippen molar-refractivity contribution in [1.29, 1.82) is 0 Å². The molecule has 0 bridgehead atoms. The third kappa shape index (κ3) is 3.97. The van der Waals surface area contributed by atoms with E-state index < -0.39 is 5.41 Å². The van der Waals surface area contributed by atoms with E-state index in [0.717, 1.165) is 48.8 Å². The van der Waals surface area contributed by atoms with Crippen LogP contribution < -0.4 is 19.5 Å². The molecular weight excluding hydrogens is 434 g/mol. The smallest absolute Gasteiger partial charge is 0.315 e. The van der Waals surface area contributed by atoms with Gasteiger partial charge in [0, 0.05) is 17.7 Å². The fourth-order valence-corrected chi connectivity index (χ4v) is 4.90. The van der Waals surface area contributed by atoms with Crippen molar-refractivity contribution in [2.45, 2.75) is 45.1 Å². The summed E-state index contributed by atoms with van der Waals surface area (Å²) < 4.78 is 23.3. The first-order valence-electron chi connectivity index (χ1n) is 12.0. The van der Waals surface area contributed by atoms with E-state index in [1.165, 1.54) is 6.42 Å². The molecule has 1 N–H and O–H groups in total. The van der Waals surface area contributed by atoms with Gasteiger partial charge in [0.15, 0.2) is 11.5 Å². The third-order valence-corrected chi connectivity index (χ3v) is 7.51. The zero-order chi connectivity index (χ0) is 23.7. The average molecular weight is 466 g/mol. The molecule has 1 heterocycles. The molecule has 0 spiro atoms. The number of hydrogen-bond acceptors (Lipinski definition) is 6. The van der Waals surface area contributed by atoms with Crippen molar-refractivity contribution in [2.24, 2.45) is 11.3 Å². The Morgan fingerprint density at radius 2 is 1.82 bits per heavy atom. The van der Waals surface area contributed by atoms with Crippen molar-refractivity contribution in [2.75, 3.05) is 27.4 Å². The molecule has 180 valence electrons. The van der Waals surface area contributed by atoms with Crippen molar-refractivity contribution in [3.63, 3.8) is 0 Å². The molecule has 2 aromatic rings. The first-order chi connectivity index (χ1) is 16.5. The molecular formula is C27H31NO6. The first kappa shape index (κ1) is 22.6. The van der Waals surface area contributed by atoms with Gasteiger partial charge >= 0.3 is 5.97 Å². The fraction of sp³-hybridized carbons (Fsp3) is 0.481. The topological polar surface area (TPSA) is 83.1 Å². The van der Waals surface area contributed by atoms with E-state index in [1.807, 2.05) is 30.3 Å². The molecule has 0 atom stereocenters. The molecule has 1 amide bonds. The maximum absolute atomic E-state index is 13.0. The SMILES string of the molecule is COc1ccc(-c2ccc3c(c2)CNC3=O)c(OCC2(C(=O)OCC3CCC3)CCC2)c1OC. The summed E-state index contributed by atoms with van der Waals surface area (Å²) in [5.74, 6) is 1.85. The van der Waals surface area contributed by atoms with Crippen molar-refractivity contribution >= 4 is 11.9 Å². The summed E-state index contributed by atoms with van der Waals surface area (Å²) in [6.45, 7) is 1.23. The van der Waals surface area contributed by atoms with Crippen molar-refractivity contribution in [3.8, 4) is 28.4 Å². The van der Waals surface area contributed by atoms with Crippen LogP contribution in [0.3, 0.4) is 0 Å². The fourth-order valence-electron chi connectivity index (χ4n) is 4.90. The highest BCUT2D eigenvalue weighted by Gasteiger charge is 2.47. The zero-order valence-electron chi connectivity index (χ0n) is 19.8. The van der Waals surface area contributed by atoms with Crippen LogP contribution in [0.25, 0.3) is 11.1 Å². The number of fused-ring (bicyclic) bond motifs is 1. The molecule has 2 saturated carbocycles. The van der Waals surface area contributed by atoms with E-state index in [1.54, 1.807) is 14.2 Å². The van der Waals surface area contributed by atoms with Crippen LogP contribution in [-0.4, -0.2) is 39.3 Å². The van der Waals surface area contributed by atoms with Gasteiger partial charge in [-0.15, -0.1) is 0 Å². The highest BCUT2D eigenvalue weighted by Crippen LogP contribution is 2.48. The van der Waals surface area contributed by atoms with E-state index in [4.69, 9.17) is 18.9 Å². The number of carbonyl (C=O) groups excluding carboxylic acids is 2. The monoisotopic (exact) mass is 465 g/mol. The summed E-state index contributed by atoms with van der Waals surface area (Å²) in [5, 5.41) is 2.85. The van der Waals surface area contributed by atoms with Crippen LogP contribution >= 0.6 is 0 Å². The van der Waals surface area contributed by atoms with Crippen LogP contribution in [0, 0.1) is 11.3 Å². The van der Waals surface area contributed by atoms with Crippen LogP contribution in [0.15, 0.2) is 30.3 Å². The van der Waals surface area contributed by atoms with Crippen molar-refractivity contribution in [1.82, 2.24) is 5.32 Å². The molecule has 0 aromatic heterocycles. The Morgan fingerprint density at radius 3 is 2.47 bits per heavy atom. The van der Waals surface area contributed by atoms with E-state index in [0.29, 0.717) is 41.9 Å². The van der Waals surface area contributed by atoms with E-state index in [2.05, 4.69) is 5.32 Å². The number of hydrogen-bond donors (Lipinski definition) is 1. The second-order valence-corrected chi connectivity index (χ2v) is 9.55. The minimum atomic E-state index is -0.622. The third-order valence-electron chi connectivity index (χ3n) is 7.51. The van der Waals surface area contributed by atoms with Gasteiger partial charge < -0.3 is 24.3 Å². The molecule has 2 aliphatic carbocycles. The Labute approximate surface area is 199 Å². The summed E-state index contributed by atoms with van der Waals surface area (Å²) in [4.78, 5) is 25.0. The second kappa shape index (κ2) is 9.20. The summed E-state index contributed by atoms with van der Waals surface area (Å²) >= 11 is 0. The Balaban J connectivity index is 1.43. The molecule has 3 aliphatic rings. The quantitative estimate of drug-likeness (QED) is 0.549. The lowest BCUT2D eigenvalue weighted by molar-refractivity contribution is -0.166. The molecule has 2 aromatic carbocycles. The van der Waals surface area contributed by atoms with Crippen LogP contribution in [0.4, 0.5) is 0 Å². The Morgan fingerprint density at radius 1 is 1.03 bits per heavy atom. The molecule has 34 heavy (non-hydrogen) atoms. The van der Waals surface area contributed by atoms with E-state index in [9.17, 15) is 9.59 Å². The normalized spacial score (nSPS) is 18.2. The number of rotatable bonds is 9. The summed E-state index contributed by atoms with van der Waals surface area (Å²) in [6.07, 6.45) is 6.00. The lowest BCUT2D eigenvalue weighted by Gasteiger charge is -2.39. The molecule has 1 aliphatic heterocycles. The molecule has 0 unspecified atom stereocenters. The average Bonchev–Trinajstić information content (AvgIpc) is 3.16. The highest BCUT2D eigenvalue weighted by atomic mass is 16.5. The predicted octanol–water partition coefficient (Wildman–Crippen LogP) is 4.51. The van der Waals surface area contributed by atoms with Crippen molar-refractivity contribution < 1.29 is 28.5 Å². The van der Waals surface area contributed by atoms with E-state index >= 15 is 0 Å². The van der Waals surface area contributed by atoms with E-state index in [-0.39, 0.29) is 18.5 Å². The van der Waals surface area contributed by atoms with Crippen LogP contribution in [0.5, 0.6) is 17.2 Å². The molecule has 7 heteroatoms. The lowest BCUT2D eigenvalue weighted by Crippen LogP contribution is -2.45. The lowest BCUT2D eigenvalue weighted by atomic mass is 9.69. The number of nitrogens with one attached hydrogen (secondary N) is 1. The zero-order valence-corrected chi connectivity index (χ0v) is 19.8. The van der Waals surface area contributed by atoms with Crippen LogP contribution in [0.2, 0.25) is 0 Å². The number of ether oxygens (including phenoxy) is 4. The first-order valence-corrected chi connectivity index (χ1v) is 12.0. The molecule has 7 nitrogen and oxygen atoms in total. The molecule has 0 saturated heterocycles. The second-order valence-electron chi connectivity index (χ2n) is 9.55. The maximum Gasteiger partial charge on any atom is 0.315 e. The Kier molecular flexibility index (Phi) is 6.11. The summed E-state index contributed by atoms with van der Waals surface area (Å²) in [5.41, 5.74) is 2.73. The summed E-state index contributed by atoms with van der Waals surface area (Å²) in [7, 11) is 3.16. The number of methoxy groups -OCH3 is 2. The molecule has 0 radical (unpaired) electrons. The van der Waals surface area contributed by atoms with Gasteiger partial charge in [-0.25, -0.2) is 0 Å². The van der Waals surface area contributed by atoms with Gasteiger partial charge in [-0.05, 0) is 67.0 Å². The minimum absolute atomic E-state index is 0.0577. The van der Waals surface area contributed by atoms with Gasteiger partial charge in [0.1, 0.15) is 12.0 Å². The number of carbonyl (C=O) groups is 2. The van der Waals surface area contributed by atoms with Gasteiger partial charge in [-0.3, -0.25) is 9.59 Å². The van der Waals surface area contributed by atoms with Gasteiger partial charge in [-0.1, -0.05) is 18.9 Å². The number of amides is 1. The molecule has 2 fully saturated rings. The Bertz CT molecular complexity index is 1100. The van der Waals surface area contributed by atoms with Gasteiger partial charge in [0.05, 0.1) is 20.8 Å². The standard InChI is InChI=1S/C27H31NO6/c1-31-22-10-9-20(18-7-8-21-19(13-18)14-28-25(21)29)23(24(22)32-2)34-16-27(11-4-12-27)26(30)33-15-17-5-3-6-17/h7-10,13,17H,3-6,11-12,14-16H2,1-2H3,(H,28,29). The maximum atomic E-state index is 13.0. The van der Waals surface area contributed by atoms with Gasteiger partial charge in [-0.2, -0.15) is 0 Å². The largest absolute Gasteiger partial charge is 0.493 e. The van der Waals surface area contributed by atoms with Crippen molar-refractivity contribution in [3.05, 3.63) is 41.5 Å². The summed E-state index contributed by atoms with van der Waals surface area (Å²) in [6, 6.07) is 9.49. The minimum Gasteiger partial charge on any atom is -0.493 e. The molecule has 5 rings (SSSR count). The predicted molar refractivity (Wildman–Crippen MR) is 126 cm³/mol.